The van der Waals surface area contributed by atoms with E-state index in [0.29, 0.717) is 11.3 Å². The summed E-state index contributed by atoms with van der Waals surface area (Å²) >= 11 is 2.98. The van der Waals surface area contributed by atoms with Crippen molar-refractivity contribution in [1.82, 2.24) is 0 Å². The van der Waals surface area contributed by atoms with Crippen molar-refractivity contribution in [3.63, 3.8) is 0 Å². The van der Waals surface area contributed by atoms with E-state index in [9.17, 15) is 12.8 Å². The van der Waals surface area contributed by atoms with Crippen LogP contribution in [0.2, 0.25) is 0 Å². The summed E-state index contributed by atoms with van der Waals surface area (Å²) in [7, 11) is 2.76. The van der Waals surface area contributed by atoms with Crippen LogP contribution in [0.4, 0.5) is 4.39 Å². The SMILES string of the molecule is COc1c(C)cc(F)c(Br)c1CS(=O)(=O)Cl. The molecule has 0 bridgehead atoms. The first-order valence-electron chi connectivity index (χ1n) is 4.20. The van der Waals surface area contributed by atoms with Gasteiger partial charge in [0.1, 0.15) is 11.6 Å². The lowest BCUT2D eigenvalue weighted by Gasteiger charge is -2.12. The van der Waals surface area contributed by atoms with Gasteiger partial charge in [-0.25, -0.2) is 12.8 Å². The molecule has 0 atom stereocenters. The average molecular weight is 332 g/mol. The van der Waals surface area contributed by atoms with Crippen molar-refractivity contribution in [3.05, 3.63) is 27.5 Å². The van der Waals surface area contributed by atoms with Gasteiger partial charge in [-0.2, -0.15) is 0 Å². The molecule has 0 fully saturated rings. The van der Waals surface area contributed by atoms with Crippen LogP contribution >= 0.6 is 26.6 Å². The highest BCUT2D eigenvalue weighted by atomic mass is 79.9. The summed E-state index contributed by atoms with van der Waals surface area (Å²) in [6.07, 6.45) is 0. The van der Waals surface area contributed by atoms with Crippen molar-refractivity contribution in [2.75, 3.05) is 7.11 Å². The predicted molar refractivity (Wildman–Crippen MR) is 63.9 cm³/mol. The number of methoxy groups -OCH3 is 1. The van der Waals surface area contributed by atoms with Gasteiger partial charge in [-0.05, 0) is 34.5 Å². The van der Waals surface area contributed by atoms with Crippen molar-refractivity contribution in [3.8, 4) is 5.75 Å². The molecule has 1 aromatic carbocycles. The molecule has 0 heterocycles. The Kier molecular flexibility index (Phi) is 4.20. The van der Waals surface area contributed by atoms with E-state index in [0.717, 1.165) is 0 Å². The summed E-state index contributed by atoms with van der Waals surface area (Å²) < 4.78 is 40.5. The van der Waals surface area contributed by atoms with E-state index in [1.54, 1.807) is 6.92 Å². The van der Waals surface area contributed by atoms with Crippen LogP contribution in [0.1, 0.15) is 11.1 Å². The van der Waals surface area contributed by atoms with Crippen molar-refractivity contribution < 1.29 is 17.5 Å². The van der Waals surface area contributed by atoms with Crippen LogP contribution in [0.5, 0.6) is 5.75 Å². The number of ether oxygens (including phenoxy) is 1. The average Bonchev–Trinajstić information content (AvgIpc) is 2.12. The molecule has 0 N–H and O–H groups in total. The van der Waals surface area contributed by atoms with Crippen molar-refractivity contribution in [1.29, 1.82) is 0 Å². The first kappa shape index (κ1) is 13.7. The van der Waals surface area contributed by atoms with Gasteiger partial charge in [0.25, 0.3) is 0 Å². The number of rotatable bonds is 3. The standard InChI is InChI=1S/C9H9BrClFO3S/c1-5-3-7(12)8(10)6(9(5)15-2)4-16(11,13)14/h3H,4H2,1-2H3. The number of aryl methyl sites for hydroxylation is 1. The molecule has 0 aliphatic rings. The van der Waals surface area contributed by atoms with Crippen LogP contribution in [0.25, 0.3) is 0 Å². The fraction of sp³-hybridized carbons (Fsp3) is 0.333. The van der Waals surface area contributed by atoms with Gasteiger partial charge in [0.05, 0.1) is 17.3 Å². The van der Waals surface area contributed by atoms with Gasteiger partial charge in [0, 0.05) is 16.2 Å². The quantitative estimate of drug-likeness (QED) is 0.800. The van der Waals surface area contributed by atoms with Crippen molar-refractivity contribution >= 4 is 35.7 Å². The van der Waals surface area contributed by atoms with Crippen LogP contribution in [-0.4, -0.2) is 15.5 Å². The van der Waals surface area contributed by atoms with E-state index in [1.807, 2.05) is 0 Å². The van der Waals surface area contributed by atoms with Crippen LogP contribution in [0.3, 0.4) is 0 Å². The third-order valence-electron chi connectivity index (χ3n) is 1.97. The van der Waals surface area contributed by atoms with E-state index in [1.165, 1.54) is 13.2 Å². The Morgan fingerprint density at radius 3 is 2.56 bits per heavy atom. The highest BCUT2D eigenvalue weighted by Gasteiger charge is 2.20. The zero-order chi connectivity index (χ0) is 12.5. The highest BCUT2D eigenvalue weighted by molar-refractivity contribution is 9.10. The second-order valence-corrected chi connectivity index (χ2v) is 6.75. The van der Waals surface area contributed by atoms with E-state index in [4.69, 9.17) is 15.4 Å². The summed E-state index contributed by atoms with van der Waals surface area (Å²) in [5.41, 5.74) is 0.702. The van der Waals surface area contributed by atoms with E-state index >= 15 is 0 Å². The smallest absolute Gasteiger partial charge is 0.236 e. The van der Waals surface area contributed by atoms with E-state index in [2.05, 4.69) is 15.9 Å². The highest BCUT2D eigenvalue weighted by Crippen LogP contribution is 2.34. The molecule has 0 amide bonds. The van der Waals surface area contributed by atoms with Gasteiger partial charge in [0.2, 0.25) is 9.05 Å². The van der Waals surface area contributed by atoms with Gasteiger partial charge < -0.3 is 4.74 Å². The summed E-state index contributed by atoms with van der Waals surface area (Å²) in [5, 5.41) is 0. The molecular weight excluding hydrogens is 323 g/mol. The molecule has 7 heteroatoms. The normalized spacial score (nSPS) is 11.6. The molecule has 1 aromatic rings. The minimum Gasteiger partial charge on any atom is -0.496 e. The third kappa shape index (κ3) is 3.09. The van der Waals surface area contributed by atoms with Gasteiger partial charge in [-0.1, -0.05) is 0 Å². The Labute approximate surface area is 106 Å². The molecule has 90 valence electrons. The Hall–Kier alpha value is -0.330. The minimum atomic E-state index is -3.77. The first-order chi connectivity index (χ1) is 7.26. The maximum absolute atomic E-state index is 13.4. The monoisotopic (exact) mass is 330 g/mol. The topological polar surface area (TPSA) is 43.4 Å². The van der Waals surface area contributed by atoms with Crippen molar-refractivity contribution in [2.24, 2.45) is 0 Å². The second kappa shape index (κ2) is 4.89. The molecule has 0 saturated heterocycles. The van der Waals surface area contributed by atoms with Gasteiger partial charge in [0.15, 0.2) is 0 Å². The maximum Gasteiger partial charge on any atom is 0.236 e. The number of hydrogen-bond acceptors (Lipinski definition) is 3. The van der Waals surface area contributed by atoms with Crippen LogP contribution in [0, 0.1) is 12.7 Å². The lowest BCUT2D eigenvalue weighted by molar-refractivity contribution is 0.406. The number of hydrogen-bond donors (Lipinski definition) is 0. The molecule has 0 aliphatic carbocycles. The molecular formula is C9H9BrClFO3S. The Balaban J connectivity index is 3.45. The Morgan fingerprint density at radius 2 is 2.12 bits per heavy atom. The lowest BCUT2D eigenvalue weighted by Crippen LogP contribution is -2.03. The third-order valence-corrected chi connectivity index (χ3v) is 3.79. The second-order valence-electron chi connectivity index (χ2n) is 3.18. The van der Waals surface area contributed by atoms with Crippen LogP contribution in [-0.2, 0) is 14.8 Å². The minimum absolute atomic E-state index is 0.0548. The number of halogens is 3. The molecule has 0 radical (unpaired) electrons. The van der Waals surface area contributed by atoms with Gasteiger partial charge in [-0.15, -0.1) is 0 Å². The molecule has 1 rings (SSSR count). The fourth-order valence-corrected chi connectivity index (χ4v) is 2.95. The molecule has 16 heavy (non-hydrogen) atoms. The van der Waals surface area contributed by atoms with Crippen LogP contribution < -0.4 is 4.74 Å². The summed E-state index contributed by atoms with van der Waals surface area (Å²) in [5.74, 6) is -0.720. The molecule has 3 nitrogen and oxygen atoms in total. The largest absolute Gasteiger partial charge is 0.496 e. The first-order valence-corrected chi connectivity index (χ1v) is 7.47. The summed E-state index contributed by atoms with van der Waals surface area (Å²) in [6, 6.07) is 1.26. The Bertz CT molecular complexity index is 516. The molecule has 0 spiro atoms. The summed E-state index contributed by atoms with van der Waals surface area (Å²) in [4.78, 5) is 0. The van der Waals surface area contributed by atoms with Gasteiger partial charge >= 0.3 is 0 Å². The summed E-state index contributed by atoms with van der Waals surface area (Å²) in [6.45, 7) is 1.62. The molecule has 0 aliphatic heterocycles. The zero-order valence-electron chi connectivity index (χ0n) is 8.55. The van der Waals surface area contributed by atoms with Gasteiger partial charge in [-0.3, -0.25) is 0 Å². The molecule has 0 unspecified atom stereocenters. The lowest BCUT2D eigenvalue weighted by atomic mass is 10.1. The van der Waals surface area contributed by atoms with E-state index in [-0.39, 0.29) is 10.0 Å². The number of benzene rings is 1. The molecule has 0 saturated carbocycles. The van der Waals surface area contributed by atoms with Crippen molar-refractivity contribution in [2.45, 2.75) is 12.7 Å². The Morgan fingerprint density at radius 1 is 1.56 bits per heavy atom. The van der Waals surface area contributed by atoms with Crippen LogP contribution in [0.15, 0.2) is 10.5 Å². The fourth-order valence-electron chi connectivity index (χ4n) is 1.39. The maximum atomic E-state index is 13.4. The van der Waals surface area contributed by atoms with E-state index < -0.39 is 20.6 Å². The predicted octanol–water partition coefficient (Wildman–Crippen LogP) is 2.97. The molecule has 0 aromatic heterocycles. The zero-order valence-corrected chi connectivity index (χ0v) is 11.7.